The summed E-state index contributed by atoms with van der Waals surface area (Å²) in [6.45, 7) is 6.82. The van der Waals surface area contributed by atoms with Gasteiger partial charge in [0.2, 0.25) is 6.79 Å². The molecule has 3 aromatic rings. The minimum Gasteiger partial charge on any atom is -0.490 e. The second kappa shape index (κ2) is 14.0. The summed E-state index contributed by atoms with van der Waals surface area (Å²) in [5, 5.41) is 3.51. The zero-order valence-electron chi connectivity index (χ0n) is 24.2. The summed E-state index contributed by atoms with van der Waals surface area (Å²) >= 11 is 0. The molecule has 1 fully saturated rings. The first kappa shape index (κ1) is 28.5. The number of ether oxygens (including phenoxy) is 7. The van der Waals surface area contributed by atoms with Crippen molar-refractivity contribution in [2.75, 3.05) is 71.4 Å². The number of anilines is 1. The molecule has 0 spiro atoms. The van der Waals surface area contributed by atoms with Crippen LogP contribution in [0.5, 0.6) is 28.7 Å². The van der Waals surface area contributed by atoms with Crippen molar-refractivity contribution < 1.29 is 33.2 Å². The van der Waals surface area contributed by atoms with Gasteiger partial charge in [0.25, 0.3) is 0 Å². The molecule has 0 radical (unpaired) electrons. The normalized spacial score (nSPS) is 19.2. The SMILES string of the molecule is COCCCN1CCOc2ccc(CO[C@H]3CNCC[C@@H]3c3ccc(OCCOc4ccc5c(c4)OCO5)cc3)cc21. The molecule has 0 unspecified atom stereocenters. The molecule has 0 saturated carbocycles. The third-order valence-corrected chi connectivity index (χ3v) is 7.92. The molecule has 3 aliphatic heterocycles. The Morgan fingerprint density at radius 2 is 1.67 bits per heavy atom. The number of hydrogen-bond acceptors (Lipinski definition) is 9. The highest BCUT2D eigenvalue weighted by atomic mass is 16.7. The first-order valence-corrected chi connectivity index (χ1v) is 14.8. The lowest BCUT2D eigenvalue weighted by Crippen LogP contribution is -2.41. The molecule has 1 saturated heterocycles. The first-order chi connectivity index (χ1) is 20.8. The van der Waals surface area contributed by atoms with Gasteiger partial charge < -0.3 is 43.4 Å². The minimum absolute atomic E-state index is 0.0886. The maximum absolute atomic E-state index is 6.53. The second-order valence-corrected chi connectivity index (χ2v) is 10.7. The lowest BCUT2D eigenvalue weighted by molar-refractivity contribution is 0.0106. The van der Waals surface area contributed by atoms with E-state index in [9.17, 15) is 0 Å². The molecule has 9 heteroatoms. The average molecular weight is 577 g/mol. The van der Waals surface area contributed by atoms with Crippen molar-refractivity contribution in [1.29, 1.82) is 0 Å². The van der Waals surface area contributed by atoms with E-state index in [2.05, 4.69) is 40.5 Å². The van der Waals surface area contributed by atoms with E-state index < -0.39 is 0 Å². The number of fused-ring (bicyclic) bond motifs is 2. The fourth-order valence-electron chi connectivity index (χ4n) is 5.73. The maximum atomic E-state index is 6.53. The van der Waals surface area contributed by atoms with E-state index in [-0.39, 0.29) is 12.9 Å². The smallest absolute Gasteiger partial charge is 0.231 e. The number of piperidine rings is 1. The lowest BCUT2D eigenvalue weighted by Gasteiger charge is -2.33. The Bertz CT molecular complexity index is 1300. The standard InChI is InChI=1S/C33H40N2O7/c1-36-15-2-13-35-14-16-39-30-9-3-24(19-29(30)35)22-40-33-21-34-12-11-28(33)25-4-6-26(7-5-25)37-17-18-38-27-8-10-31-32(20-27)42-23-41-31/h3-10,19-20,28,33-34H,2,11-18,21-23H2,1H3/t28-,33+/m1/s1. The highest BCUT2D eigenvalue weighted by molar-refractivity contribution is 5.61. The van der Waals surface area contributed by atoms with Gasteiger partial charge >= 0.3 is 0 Å². The lowest BCUT2D eigenvalue weighted by atomic mass is 9.87. The molecular weight excluding hydrogens is 536 g/mol. The van der Waals surface area contributed by atoms with Gasteiger partial charge in [-0.15, -0.1) is 0 Å². The molecular formula is C33H40N2O7. The Morgan fingerprint density at radius 1 is 0.857 bits per heavy atom. The molecule has 3 aliphatic rings. The molecule has 3 aromatic carbocycles. The Kier molecular flexibility index (Phi) is 9.49. The van der Waals surface area contributed by atoms with Gasteiger partial charge in [0, 0.05) is 38.8 Å². The number of benzene rings is 3. The van der Waals surface area contributed by atoms with E-state index in [1.807, 2.05) is 30.3 Å². The molecule has 0 amide bonds. The maximum Gasteiger partial charge on any atom is 0.231 e. The Labute approximate surface area is 247 Å². The van der Waals surface area contributed by atoms with Gasteiger partial charge in [-0.25, -0.2) is 0 Å². The molecule has 0 aliphatic carbocycles. The largest absolute Gasteiger partial charge is 0.490 e. The third-order valence-electron chi connectivity index (χ3n) is 7.92. The van der Waals surface area contributed by atoms with Gasteiger partial charge in [0.05, 0.1) is 24.9 Å². The van der Waals surface area contributed by atoms with Gasteiger partial charge in [-0.2, -0.15) is 0 Å². The quantitative estimate of drug-likeness (QED) is 0.290. The topological polar surface area (TPSA) is 79.9 Å². The van der Waals surface area contributed by atoms with Crippen molar-refractivity contribution in [3.8, 4) is 28.7 Å². The number of methoxy groups -OCH3 is 1. The molecule has 0 aromatic heterocycles. The van der Waals surface area contributed by atoms with Crippen LogP contribution >= 0.6 is 0 Å². The van der Waals surface area contributed by atoms with E-state index >= 15 is 0 Å². The Morgan fingerprint density at radius 3 is 2.55 bits per heavy atom. The molecule has 6 rings (SSSR count). The number of nitrogens with one attached hydrogen (secondary N) is 1. The van der Waals surface area contributed by atoms with Crippen LogP contribution in [0.25, 0.3) is 0 Å². The first-order valence-electron chi connectivity index (χ1n) is 14.8. The van der Waals surface area contributed by atoms with Crippen molar-refractivity contribution in [1.82, 2.24) is 5.32 Å². The summed E-state index contributed by atoms with van der Waals surface area (Å²) < 4.78 is 40.2. The summed E-state index contributed by atoms with van der Waals surface area (Å²) in [6, 6.07) is 20.4. The fourth-order valence-corrected chi connectivity index (χ4v) is 5.73. The number of nitrogens with zero attached hydrogens (tertiary/aromatic N) is 1. The predicted octanol–water partition coefficient (Wildman–Crippen LogP) is 4.77. The summed E-state index contributed by atoms with van der Waals surface area (Å²) in [5.41, 5.74) is 3.58. The highest BCUT2D eigenvalue weighted by Gasteiger charge is 2.27. The van der Waals surface area contributed by atoms with Crippen LogP contribution in [0.2, 0.25) is 0 Å². The molecule has 42 heavy (non-hydrogen) atoms. The Balaban J connectivity index is 1.00. The Hall–Kier alpha value is -3.66. The van der Waals surface area contributed by atoms with E-state index in [1.165, 1.54) is 5.56 Å². The average Bonchev–Trinajstić information content (AvgIpc) is 3.51. The van der Waals surface area contributed by atoms with Crippen LogP contribution in [0.1, 0.15) is 29.9 Å². The van der Waals surface area contributed by atoms with Crippen molar-refractivity contribution >= 4 is 5.69 Å². The van der Waals surface area contributed by atoms with E-state index in [0.29, 0.717) is 38.1 Å². The zero-order chi connectivity index (χ0) is 28.6. The van der Waals surface area contributed by atoms with E-state index in [0.717, 1.165) is 79.9 Å². The van der Waals surface area contributed by atoms with Crippen LogP contribution in [0.4, 0.5) is 5.69 Å². The van der Waals surface area contributed by atoms with Crippen molar-refractivity contribution in [2.45, 2.75) is 31.5 Å². The molecule has 1 N–H and O–H groups in total. The summed E-state index contributed by atoms with van der Waals surface area (Å²) in [5.74, 6) is 4.28. The predicted molar refractivity (Wildman–Crippen MR) is 159 cm³/mol. The van der Waals surface area contributed by atoms with Crippen molar-refractivity contribution in [2.24, 2.45) is 0 Å². The van der Waals surface area contributed by atoms with Crippen LogP contribution in [-0.2, 0) is 16.1 Å². The number of hydrogen-bond donors (Lipinski definition) is 1. The van der Waals surface area contributed by atoms with Crippen LogP contribution in [0, 0.1) is 0 Å². The summed E-state index contributed by atoms with van der Waals surface area (Å²) in [4.78, 5) is 2.39. The molecule has 224 valence electrons. The fraction of sp³-hybridized carbons (Fsp3) is 0.455. The van der Waals surface area contributed by atoms with E-state index in [1.54, 1.807) is 7.11 Å². The van der Waals surface area contributed by atoms with Gasteiger partial charge in [0.1, 0.15) is 37.1 Å². The third kappa shape index (κ3) is 7.03. The van der Waals surface area contributed by atoms with Crippen LogP contribution in [0.3, 0.4) is 0 Å². The minimum atomic E-state index is 0.0886. The molecule has 9 nitrogen and oxygen atoms in total. The number of rotatable bonds is 13. The second-order valence-electron chi connectivity index (χ2n) is 10.7. The van der Waals surface area contributed by atoms with Gasteiger partial charge in [-0.1, -0.05) is 18.2 Å². The van der Waals surface area contributed by atoms with Gasteiger partial charge in [0.15, 0.2) is 11.5 Å². The molecule has 3 heterocycles. The highest BCUT2D eigenvalue weighted by Crippen LogP contribution is 2.36. The summed E-state index contributed by atoms with van der Waals surface area (Å²) in [6.07, 6.45) is 2.11. The monoisotopic (exact) mass is 576 g/mol. The van der Waals surface area contributed by atoms with Crippen molar-refractivity contribution in [3.63, 3.8) is 0 Å². The zero-order valence-corrected chi connectivity index (χ0v) is 24.2. The van der Waals surface area contributed by atoms with E-state index in [4.69, 9.17) is 33.2 Å². The molecule has 0 bridgehead atoms. The summed E-state index contributed by atoms with van der Waals surface area (Å²) in [7, 11) is 1.75. The van der Waals surface area contributed by atoms with Gasteiger partial charge in [-0.3, -0.25) is 0 Å². The van der Waals surface area contributed by atoms with Crippen molar-refractivity contribution in [3.05, 3.63) is 71.8 Å². The van der Waals surface area contributed by atoms with Crippen LogP contribution in [0.15, 0.2) is 60.7 Å². The molecule has 2 atom stereocenters. The van der Waals surface area contributed by atoms with Gasteiger partial charge in [-0.05, 0) is 66.9 Å². The van der Waals surface area contributed by atoms with Crippen LogP contribution in [-0.4, -0.2) is 72.6 Å². The van der Waals surface area contributed by atoms with Crippen LogP contribution < -0.4 is 33.9 Å².